The zero-order valence-electron chi connectivity index (χ0n) is 9.53. The third kappa shape index (κ3) is 2.80. The molecule has 0 unspecified atom stereocenters. The van der Waals surface area contributed by atoms with Crippen LogP contribution in [-0.4, -0.2) is 23.1 Å². The van der Waals surface area contributed by atoms with Crippen molar-refractivity contribution in [1.29, 1.82) is 0 Å². The number of primary sulfonamides is 1. The van der Waals surface area contributed by atoms with Crippen molar-refractivity contribution in [3.63, 3.8) is 0 Å². The summed E-state index contributed by atoms with van der Waals surface area (Å²) in [6.07, 6.45) is 2.50. The van der Waals surface area contributed by atoms with E-state index in [0.717, 1.165) is 6.20 Å². The maximum atomic E-state index is 11.2. The summed E-state index contributed by atoms with van der Waals surface area (Å²) in [4.78, 5) is 9.30. The van der Waals surface area contributed by atoms with Gasteiger partial charge in [0.15, 0.2) is 0 Å². The SMILES string of the molecule is CCC(CC)n1cc(S(N)(=O)=O)c([N+](=O)[O-])n1. The van der Waals surface area contributed by atoms with Crippen molar-refractivity contribution in [2.45, 2.75) is 37.6 Å². The minimum atomic E-state index is -4.13. The summed E-state index contributed by atoms with van der Waals surface area (Å²) in [6, 6.07) is -0.0794. The van der Waals surface area contributed by atoms with Crippen LogP contribution in [0.2, 0.25) is 0 Å². The lowest BCUT2D eigenvalue weighted by Gasteiger charge is -2.07. The summed E-state index contributed by atoms with van der Waals surface area (Å²) in [7, 11) is -4.13. The average Bonchev–Trinajstić information content (AvgIpc) is 2.64. The Morgan fingerprint density at radius 1 is 1.53 bits per heavy atom. The van der Waals surface area contributed by atoms with E-state index in [1.54, 1.807) is 0 Å². The smallest absolute Gasteiger partial charge is 0.358 e. The first-order chi connectivity index (χ1) is 7.81. The zero-order valence-corrected chi connectivity index (χ0v) is 10.3. The number of sulfonamides is 1. The molecule has 2 N–H and O–H groups in total. The van der Waals surface area contributed by atoms with E-state index in [1.807, 2.05) is 13.8 Å². The van der Waals surface area contributed by atoms with Crippen LogP contribution in [0.15, 0.2) is 11.1 Å². The van der Waals surface area contributed by atoms with Crippen LogP contribution in [0, 0.1) is 10.1 Å². The highest BCUT2D eigenvalue weighted by molar-refractivity contribution is 7.89. The molecule has 1 aromatic heterocycles. The lowest BCUT2D eigenvalue weighted by Crippen LogP contribution is -2.13. The van der Waals surface area contributed by atoms with E-state index in [0.29, 0.717) is 12.8 Å². The Labute approximate surface area is 98.6 Å². The van der Waals surface area contributed by atoms with Crippen LogP contribution >= 0.6 is 0 Å². The Balaban J connectivity index is 3.36. The van der Waals surface area contributed by atoms with E-state index in [4.69, 9.17) is 5.14 Å². The molecule has 0 fully saturated rings. The van der Waals surface area contributed by atoms with E-state index >= 15 is 0 Å². The molecule has 9 heteroatoms. The second-order valence-corrected chi connectivity index (χ2v) is 5.10. The standard InChI is InChI=1S/C8H14N4O4S/c1-3-6(4-2)11-5-7(17(9,15)16)8(10-11)12(13)14/h5-6H,3-4H2,1-2H3,(H2,9,15,16). The normalized spacial score (nSPS) is 12.0. The molecule has 96 valence electrons. The van der Waals surface area contributed by atoms with E-state index in [2.05, 4.69) is 5.10 Å². The highest BCUT2D eigenvalue weighted by Gasteiger charge is 2.30. The van der Waals surface area contributed by atoms with Crippen LogP contribution in [0.4, 0.5) is 5.82 Å². The molecule has 0 radical (unpaired) electrons. The van der Waals surface area contributed by atoms with Crippen LogP contribution in [0.25, 0.3) is 0 Å². The summed E-state index contributed by atoms with van der Waals surface area (Å²) in [5.74, 6) is -0.723. The summed E-state index contributed by atoms with van der Waals surface area (Å²) in [5.41, 5.74) is 0. The molecule has 0 aliphatic rings. The van der Waals surface area contributed by atoms with Crippen LogP contribution in [0.3, 0.4) is 0 Å². The van der Waals surface area contributed by atoms with Gasteiger partial charge in [-0.1, -0.05) is 13.8 Å². The first kappa shape index (κ1) is 13.6. The second kappa shape index (κ2) is 4.80. The van der Waals surface area contributed by atoms with Crippen LogP contribution in [0.5, 0.6) is 0 Å². The zero-order chi connectivity index (χ0) is 13.2. The second-order valence-electron chi connectivity index (χ2n) is 3.57. The van der Waals surface area contributed by atoms with Crippen LogP contribution < -0.4 is 5.14 Å². The van der Waals surface area contributed by atoms with Crippen molar-refractivity contribution in [3.8, 4) is 0 Å². The molecule has 17 heavy (non-hydrogen) atoms. The molecule has 8 nitrogen and oxygen atoms in total. The number of aromatic nitrogens is 2. The minimum Gasteiger partial charge on any atom is -0.358 e. The molecule has 0 aliphatic carbocycles. The fourth-order valence-electron chi connectivity index (χ4n) is 1.54. The summed E-state index contributed by atoms with van der Waals surface area (Å²) < 4.78 is 23.7. The van der Waals surface area contributed by atoms with Gasteiger partial charge in [0.05, 0.1) is 17.3 Å². The molecular weight excluding hydrogens is 248 g/mol. The molecule has 0 aliphatic heterocycles. The minimum absolute atomic E-state index is 0.0794. The Hall–Kier alpha value is -1.48. The molecule has 1 rings (SSSR count). The van der Waals surface area contributed by atoms with Gasteiger partial charge in [-0.2, -0.15) is 4.68 Å². The average molecular weight is 262 g/mol. The van der Waals surface area contributed by atoms with Gasteiger partial charge in [0.2, 0.25) is 14.9 Å². The van der Waals surface area contributed by atoms with Gasteiger partial charge in [-0.15, -0.1) is 0 Å². The molecule has 0 bridgehead atoms. The summed E-state index contributed by atoms with van der Waals surface area (Å²) >= 11 is 0. The quantitative estimate of drug-likeness (QED) is 0.621. The monoisotopic (exact) mass is 262 g/mol. The van der Waals surface area contributed by atoms with E-state index in [1.165, 1.54) is 4.68 Å². The molecule has 0 saturated heterocycles. The summed E-state index contributed by atoms with van der Waals surface area (Å²) in [6.45, 7) is 3.77. The Kier molecular flexibility index (Phi) is 3.83. The van der Waals surface area contributed by atoms with Gasteiger partial charge in [0, 0.05) is 0 Å². The van der Waals surface area contributed by atoms with Gasteiger partial charge in [0.1, 0.15) is 0 Å². The van der Waals surface area contributed by atoms with E-state index in [9.17, 15) is 18.5 Å². The van der Waals surface area contributed by atoms with E-state index in [-0.39, 0.29) is 6.04 Å². The Morgan fingerprint density at radius 3 is 2.35 bits per heavy atom. The van der Waals surface area contributed by atoms with Crippen molar-refractivity contribution in [1.82, 2.24) is 9.78 Å². The van der Waals surface area contributed by atoms with Gasteiger partial charge in [-0.3, -0.25) is 0 Å². The molecule has 1 heterocycles. The number of rotatable bonds is 5. The fourth-order valence-corrected chi connectivity index (χ4v) is 2.17. The molecule has 0 spiro atoms. The maximum absolute atomic E-state index is 11.2. The fraction of sp³-hybridized carbons (Fsp3) is 0.625. The molecular formula is C8H14N4O4S. The first-order valence-electron chi connectivity index (χ1n) is 5.07. The van der Waals surface area contributed by atoms with Gasteiger partial charge >= 0.3 is 5.82 Å². The first-order valence-corrected chi connectivity index (χ1v) is 6.62. The predicted octanol–water partition coefficient (Wildman–Crippen LogP) is 0.800. The highest BCUT2D eigenvalue weighted by Crippen LogP contribution is 2.24. The molecule has 0 atom stereocenters. The number of hydrogen-bond donors (Lipinski definition) is 1. The molecule has 0 amide bonds. The molecule has 0 saturated carbocycles. The molecule has 1 aromatic rings. The summed E-state index contributed by atoms with van der Waals surface area (Å²) in [5, 5.41) is 19.3. The highest BCUT2D eigenvalue weighted by atomic mass is 32.2. The molecule has 0 aromatic carbocycles. The van der Waals surface area contributed by atoms with Gasteiger partial charge < -0.3 is 10.1 Å². The Bertz CT molecular complexity index is 518. The van der Waals surface area contributed by atoms with E-state index < -0.39 is 25.7 Å². The van der Waals surface area contributed by atoms with Crippen molar-refractivity contribution in [2.24, 2.45) is 5.14 Å². The van der Waals surface area contributed by atoms with Crippen LogP contribution in [-0.2, 0) is 10.0 Å². The number of nitro groups is 1. The number of hydrogen-bond acceptors (Lipinski definition) is 5. The van der Waals surface area contributed by atoms with Crippen molar-refractivity contribution >= 4 is 15.8 Å². The number of nitrogens with two attached hydrogens (primary N) is 1. The number of nitrogens with zero attached hydrogens (tertiary/aromatic N) is 3. The lowest BCUT2D eigenvalue weighted by molar-refractivity contribution is -0.392. The predicted molar refractivity (Wildman–Crippen MR) is 59.9 cm³/mol. The van der Waals surface area contributed by atoms with Crippen LogP contribution in [0.1, 0.15) is 32.7 Å². The maximum Gasteiger partial charge on any atom is 0.410 e. The topological polar surface area (TPSA) is 121 Å². The van der Waals surface area contributed by atoms with Crippen molar-refractivity contribution in [2.75, 3.05) is 0 Å². The van der Waals surface area contributed by atoms with Crippen molar-refractivity contribution in [3.05, 3.63) is 16.3 Å². The van der Waals surface area contributed by atoms with Gasteiger partial charge in [0.25, 0.3) is 0 Å². The third-order valence-corrected chi connectivity index (χ3v) is 3.38. The van der Waals surface area contributed by atoms with Gasteiger partial charge in [-0.25, -0.2) is 13.6 Å². The third-order valence-electron chi connectivity index (χ3n) is 2.48. The lowest BCUT2D eigenvalue weighted by atomic mass is 10.2. The Morgan fingerprint density at radius 2 is 2.06 bits per heavy atom. The van der Waals surface area contributed by atoms with Gasteiger partial charge in [-0.05, 0) is 17.8 Å². The van der Waals surface area contributed by atoms with Crippen molar-refractivity contribution < 1.29 is 13.3 Å². The largest absolute Gasteiger partial charge is 0.410 e.